The third-order valence-corrected chi connectivity index (χ3v) is 8.45. The van der Waals surface area contributed by atoms with E-state index in [1.807, 2.05) is 0 Å². The van der Waals surface area contributed by atoms with Gasteiger partial charge in [0.15, 0.2) is 5.16 Å². The Kier molecular flexibility index (Phi) is 7.03. The molecule has 0 spiro atoms. The van der Waals surface area contributed by atoms with E-state index in [9.17, 15) is 26.4 Å². The van der Waals surface area contributed by atoms with Crippen molar-refractivity contribution in [2.75, 3.05) is 15.4 Å². The number of sulfonamides is 1. The van der Waals surface area contributed by atoms with Crippen molar-refractivity contribution in [1.82, 2.24) is 9.97 Å². The summed E-state index contributed by atoms with van der Waals surface area (Å²) in [6.07, 6.45) is 1.12. The van der Waals surface area contributed by atoms with Crippen molar-refractivity contribution < 1.29 is 26.4 Å². The summed E-state index contributed by atoms with van der Waals surface area (Å²) in [5.74, 6) is -3.09. The first-order valence-corrected chi connectivity index (χ1v) is 13.7. The summed E-state index contributed by atoms with van der Waals surface area (Å²) in [4.78, 5) is 20.6. The fourth-order valence-corrected chi connectivity index (χ4v) is 6.17. The Hall–Kier alpha value is -3.61. The largest absolute Gasteiger partial charge is 0.323 e. The number of nitrogens with zero attached hydrogens (tertiary/aromatic N) is 3. The van der Waals surface area contributed by atoms with Crippen molar-refractivity contribution in [2.24, 2.45) is 0 Å². The van der Waals surface area contributed by atoms with Gasteiger partial charge in [-0.1, -0.05) is 41.6 Å². The molecule has 7 nitrogen and oxygen atoms in total. The van der Waals surface area contributed by atoms with Crippen LogP contribution in [-0.2, 0) is 21.4 Å². The van der Waals surface area contributed by atoms with Crippen molar-refractivity contribution in [2.45, 2.75) is 16.6 Å². The maximum atomic E-state index is 14.4. The lowest BCUT2D eigenvalue weighted by Gasteiger charge is -2.31. The molecule has 194 valence electrons. The van der Waals surface area contributed by atoms with Gasteiger partial charge in [-0.25, -0.2) is 31.6 Å². The summed E-state index contributed by atoms with van der Waals surface area (Å²) in [7, 11) is -4.18. The lowest BCUT2D eigenvalue weighted by Crippen LogP contribution is -2.34. The van der Waals surface area contributed by atoms with E-state index in [1.54, 1.807) is 12.1 Å². The van der Waals surface area contributed by atoms with E-state index in [-0.39, 0.29) is 45.0 Å². The Morgan fingerprint density at radius 3 is 2.58 bits per heavy atom. The monoisotopic (exact) mass is 576 g/mol. The minimum atomic E-state index is -4.18. The molecule has 38 heavy (non-hydrogen) atoms. The van der Waals surface area contributed by atoms with Gasteiger partial charge in [0.1, 0.15) is 22.3 Å². The van der Waals surface area contributed by atoms with Crippen LogP contribution in [0.25, 0.3) is 11.3 Å². The molecule has 3 aromatic carbocycles. The molecule has 0 saturated carbocycles. The topological polar surface area (TPSA) is 92.3 Å². The third-order valence-electron chi connectivity index (χ3n) is 5.59. The zero-order valence-corrected chi connectivity index (χ0v) is 21.5. The van der Waals surface area contributed by atoms with Crippen LogP contribution in [0.2, 0.25) is 5.02 Å². The van der Waals surface area contributed by atoms with Crippen molar-refractivity contribution in [3.8, 4) is 11.3 Å². The highest BCUT2D eigenvalue weighted by molar-refractivity contribution is 7.99. The zero-order valence-electron chi connectivity index (χ0n) is 19.2. The van der Waals surface area contributed by atoms with Crippen LogP contribution in [-0.4, -0.2) is 30.0 Å². The molecule has 0 aliphatic carbocycles. The summed E-state index contributed by atoms with van der Waals surface area (Å²) >= 11 is 7.10. The summed E-state index contributed by atoms with van der Waals surface area (Å²) < 4.78 is 69.5. The van der Waals surface area contributed by atoms with Crippen LogP contribution in [0.4, 0.5) is 24.5 Å². The van der Waals surface area contributed by atoms with Crippen LogP contribution < -0.4 is 9.62 Å². The quantitative estimate of drug-likeness (QED) is 0.235. The Balaban J connectivity index is 1.44. The Morgan fingerprint density at radius 2 is 1.82 bits per heavy atom. The number of rotatable bonds is 6. The molecule has 1 N–H and O–H groups in total. The van der Waals surface area contributed by atoms with Gasteiger partial charge in [0.05, 0.1) is 35.6 Å². The predicted octanol–water partition coefficient (Wildman–Crippen LogP) is 5.65. The van der Waals surface area contributed by atoms with Gasteiger partial charge < -0.3 is 5.32 Å². The molecular weight excluding hydrogens is 561 g/mol. The summed E-state index contributed by atoms with van der Waals surface area (Å²) in [5.41, 5.74) is 0.713. The van der Waals surface area contributed by atoms with E-state index in [0.717, 1.165) is 34.4 Å². The standard InChI is InChI=1S/C25H16ClF3N4O3S2/c26-15-5-8-21-17(9-15)24-22(38(35,36)33(21)12-14-3-1-2-4-18(14)28)11-30-25(32-24)37-13-23(34)31-20-7-6-16(27)10-19(20)29/h1-11H,12-13H2,(H,31,34). The van der Waals surface area contributed by atoms with Gasteiger partial charge in [-0.3, -0.25) is 9.10 Å². The molecule has 4 aromatic rings. The molecule has 1 aromatic heterocycles. The average Bonchev–Trinajstić information content (AvgIpc) is 2.88. The SMILES string of the molecule is O=C(CSc1ncc2c(n1)-c1cc(Cl)ccc1N(Cc1ccccc1F)S2(=O)=O)Nc1ccc(F)cc1F. The lowest BCUT2D eigenvalue weighted by molar-refractivity contribution is -0.113. The van der Waals surface area contributed by atoms with Crippen molar-refractivity contribution in [3.63, 3.8) is 0 Å². The van der Waals surface area contributed by atoms with E-state index in [0.29, 0.717) is 16.7 Å². The second-order valence-electron chi connectivity index (χ2n) is 8.09. The van der Waals surface area contributed by atoms with Crippen molar-refractivity contribution in [3.05, 3.63) is 94.9 Å². The summed E-state index contributed by atoms with van der Waals surface area (Å²) in [6, 6.07) is 13.2. The molecule has 0 saturated heterocycles. The molecule has 1 aliphatic heterocycles. The van der Waals surface area contributed by atoms with Crippen LogP contribution >= 0.6 is 23.4 Å². The summed E-state index contributed by atoms with van der Waals surface area (Å²) in [6.45, 7) is -0.264. The molecule has 1 aliphatic rings. The highest BCUT2D eigenvalue weighted by Crippen LogP contribution is 2.44. The Morgan fingerprint density at radius 1 is 1.03 bits per heavy atom. The molecule has 0 radical (unpaired) electrons. The number of hydrogen-bond acceptors (Lipinski definition) is 6. The third kappa shape index (κ3) is 5.06. The lowest BCUT2D eigenvalue weighted by atomic mass is 10.1. The van der Waals surface area contributed by atoms with Crippen LogP contribution in [0.3, 0.4) is 0 Å². The number of nitrogens with one attached hydrogen (secondary N) is 1. The first-order chi connectivity index (χ1) is 18.1. The van der Waals surface area contributed by atoms with Crippen LogP contribution in [0.5, 0.6) is 0 Å². The van der Waals surface area contributed by atoms with Crippen LogP contribution in [0, 0.1) is 17.5 Å². The smallest absolute Gasteiger partial charge is 0.268 e. The minimum Gasteiger partial charge on any atom is -0.323 e. The van der Waals surface area contributed by atoms with Crippen molar-refractivity contribution >= 4 is 50.7 Å². The first-order valence-electron chi connectivity index (χ1n) is 10.9. The number of carbonyl (C=O) groups excluding carboxylic acids is 1. The number of aromatic nitrogens is 2. The molecule has 0 bridgehead atoms. The second kappa shape index (κ2) is 10.3. The number of thioether (sulfide) groups is 1. The van der Waals surface area contributed by atoms with Crippen molar-refractivity contribution in [1.29, 1.82) is 0 Å². The number of hydrogen-bond donors (Lipinski definition) is 1. The van der Waals surface area contributed by atoms with E-state index < -0.39 is 33.4 Å². The molecule has 2 heterocycles. The maximum absolute atomic E-state index is 14.4. The molecule has 1 amide bonds. The highest BCUT2D eigenvalue weighted by Gasteiger charge is 2.37. The van der Waals surface area contributed by atoms with Gasteiger partial charge in [-0.05, 0) is 36.4 Å². The van der Waals surface area contributed by atoms with E-state index in [2.05, 4.69) is 15.3 Å². The van der Waals surface area contributed by atoms with Gasteiger partial charge in [0.25, 0.3) is 10.0 Å². The van der Waals surface area contributed by atoms with E-state index in [1.165, 1.54) is 30.3 Å². The molecule has 0 atom stereocenters. The average molecular weight is 577 g/mol. The normalized spacial score (nSPS) is 13.5. The molecular formula is C25H16ClF3N4O3S2. The number of benzene rings is 3. The van der Waals surface area contributed by atoms with Gasteiger partial charge in [-0.15, -0.1) is 0 Å². The zero-order chi connectivity index (χ0) is 27.0. The number of halogens is 4. The molecule has 5 rings (SSSR count). The van der Waals surface area contributed by atoms with Gasteiger partial charge in [-0.2, -0.15) is 0 Å². The van der Waals surface area contributed by atoms with Crippen LogP contribution in [0.1, 0.15) is 5.56 Å². The fraction of sp³-hybridized carbons (Fsp3) is 0.0800. The number of anilines is 2. The number of fused-ring (bicyclic) bond motifs is 3. The Bertz CT molecular complexity index is 1690. The highest BCUT2D eigenvalue weighted by atomic mass is 35.5. The maximum Gasteiger partial charge on any atom is 0.268 e. The van der Waals surface area contributed by atoms with Gasteiger partial charge in [0.2, 0.25) is 5.91 Å². The first kappa shape index (κ1) is 26.0. The number of carbonyl (C=O) groups is 1. The second-order valence-corrected chi connectivity index (χ2v) is 11.3. The fourth-order valence-electron chi connectivity index (χ4n) is 3.83. The van der Waals surface area contributed by atoms with Crippen LogP contribution in [0.15, 0.2) is 76.9 Å². The Labute approximate surface area is 224 Å². The summed E-state index contributed by atoms with van der Waals surface area (Å²) in [5, 5.41) is 2.74. The number of amides is 1. The molecule has 0 unspecified atom stereocenters. The molecule has 0 fully saturated rings. The molecule has 13 heteroatoms. The van der Waals surface area contributed by atoms with Gasteiger partial charge in [0, 0.05) is 22.2 Å². The van der Waals surface area contributed by atoms with E-state index >= 15 is 0 Å². The van der Waals surface area contributed by atoms with E-state index in [4.69, 9.17) is 11.6 Å². The predicted molar refractivity (Wildman–Crippen MR) is 138 cm³/mol. The van der Waals surface area contributed by atoms with Gasteiger partial charge >= 0.3 is 0 Å². The minimum absolute atomic E-state index is 0.0785.